The van der Waals surface area contributed by atoms with Crippen LogP contribution >= 0.6 is 0 Å². The minimum atomic E-state index is 0.0592. The summed E-state index contributed by atoms with van der Waals surface area (Å²) in [5, 5.41) is 0. The Morgan fingerprint density at radius 2 is 2.31 bits per heavy atom. The summed E-state index contributed by atoms with van der Waals surface area (Å²) in [6, 6.07) is 6.00. The van der Waals surface area contributed by atoms with E-state index in [1.165, 1.54) is 0 Å². The lowest BCUT2D eigenvalue weighted by atomic mass is 9.97. The van der Waals surface area contributed by atoms with Crippen molar-refractivity contribution in [2.24, 2.45) is 5.73 Å². The number of fused-ring (bicyclic) bond motifs is 1. The second kappa shape index (κ2) is 4.74. The molecule has 0 saturated heterocycles. The summed E-state index contributed by atoms with van der Waals surface area (Å²) in [5.74, 6) is 1.66. The molecule has 0 aromatic heterocycles. The fourth-order valence-electron chi connectivity index (χ4n) is 2.01. The molecule has 16 heavy (non-hydrogen) atoms. The lowest BCUT2D eigenvalue weighted by Crippen LogP contribution is -2.27. The van der Waals surface area contributed by atoms with Gasteiger partial charge in [0.1, 0.15) is 0 Å². The standard InChI is InChI=1S/C13H19NO2/c1-3-7-15-12-6-4-5-10-11(14)8-9(2)16-13(10)12/h4-6,9,11H,3,7-8,14H2,1-2H3. The Hall–Kier alpha value is -1.22. The maximum atomic E-state index is 6.10. The van der Waals surface area contributed by atoms with Crippen molar-refractivity contribution >= 4 is 0 Å². The first kappa shape index (κ1) is 11.3. The van der Waals surface area contributed by atoms with E-state index in [4.69, 9.17) is 15.2 Å². The lowest BCUT2D eigenvalue weighted by Gasteiger charge is -2.29. The van der Waals surface area contributed by atoms with E-state index in [-0.39, 0.29) is 12.1 Å². The zero-order valence-electron chi connectivity index (χ0n) is 9.90. The molecule has 3 heteroatoms. The van der Waals surface area contributed by atoms with Crippen LogP contribution in [0.1, 0.15) is 38.3 Å². The molecule has 0 fully saturated rings. The minimum Gasteiger partial charge on any atom is -0.490 e. The van der Waals surface area contributed by atoms with Crippen LogP contribution in [0.5, 0.6) is 11.5 Å². The van der Waals surface area contributed by atoms with Crippen molar-refractivity contribution in [1.82, 2.24) is 0 Å². The van der Waals surface area contributed by atoms with Gasteiger partial charge in [-0.05, 0) is 19.4 Å². The summed E-state index contributed by atoms with van der Waals surface area (Å²) >= 11 is 0. The fourth-order valence-corrected chi connectivity index (χ4v) is 2.01. The number of para-hydroxylation sites is 1. The molecule has 88 valence electrons. The van der Waals surface area contributed by atoms with E-state index in [1.807, 2.05) is 25.1 Å². The van der Waals surface area contributed by atoms with Crippen molar-refractivity contribution in [1.29, 1.82) is 0 Å². The van der Waals surface area contributed by atoms with Crippen molar-refractivity contribution in [2.45, 2.75) is 38.8 Å². The molecule has 1 aromatic rings. The third kappa shape index (κ3) is 2.14. The van der Waals surface area contributed by atoms with Crippen LogP contribution in [0.25, 0.3) is 0 Å². The largest absolute Gasteiger partial charge is 0.490 e. The van der Waals surface area contributed by atoms with Gasteiger partial charge >= 0.3 is 0 Å². The van der Waals surface area contributed by atoms with Gasteiger partial charge in [0.15, 0.2) is 11.5 Å². The van der Waals surface area contributed by atoms with Gasteiger partial charge in [0.25, 0.3) is 0 Å². The number of rotatable bonds is 3. The van der Waals surface area contributed by atoms with Gasteiger partial charge in [0.2, 0.25) is 0 Å². The molecule has 1 aromatic carbocycles. The van der Waals surface area contributed by atoms with E-state index in [0.717, 1.165) is 29.9 Å². The Balaban J connectivity index is 2.30. The molecule has 3 nitrogen and oxygen atoms in total. The van der Waals surface area contributed by atoms with Gasteiger partial charge in [-0.2, -0.15) is 0 Å². The Bertz CT molecular complexity index is 365. The molecule has 1 heterocycles. The summed E-state index contributed by atoms with van der Waals surface area (Å²) < 4.78 is 11.5. The number of ether oxygens (including phenoxy) is 2. The first-order valence-electron chi connectivity index (χ1n) is 5.90. The summed E-state index contributed by atoms with van der Waals surface area (Å²) in [6.45, 7) is 4.84. The number of hydrogen-bond donors (Lipinski definition) is 1. The number of nitrogens with two attached hydrogens (primary N) is 1. The monoisotopic (exact) mass is 221 g/mol. The molecule has 2 N–H and O–H groups in total. The van der Waals surface area contributed by atoms with E-state index in [0.29, 0.717) is 6.61 Å². The normalized spacial score (nSPS) is 23.4. The second-order valence-electron chi connectivity index (χ2n) is 4.29. The summed E-state index contributed by atoms with van der Waals surface area (Å²) in [5.41, 5.74) is 7.16. The molecule has 1 aliphatic rings. The zero-order chi connectivity index (χ0) is 11.5. The van der Waals surface area contributed by atoms with Crippen LogP contribution in [0.15, 0.2) is 18.2 Å². The van der Waals surface area contributed by atoms with Gasteiger partial charge in [-0.15, -0.1) is 0 Å². The van der Waals surface area contributed by atoms with E-state index in [1.54, 1.807) is 0 Å². The molecule has 0 amide bonds. The molecule has 0 bridgehead atoms. The number of hydrogen-bond acceptors (Lipinski definition) is 3. The Kier molecular flexibility index (Phi) is 3.34. The molecule has 0 spiro atoms. The SMILES string of the molecule is CCCOc1cccc2c1OC(C)CC2N. The van der Waals surface area contributed by atoms with Gasteiger partial charge in [-0.3, -0.25) is 0 Å². The van der Waals surface area contributed by atoms with Crippen LogP contribution in [0.4, 0.5) is 0 Å². The quantitative estimate of drug-likeness (QED) is 0.853. The van der Waals surface area contributed by atoms with Crippen LogP contribution in [-0.4, -0.2) is 12.7 Å². The average Bonchev–Trinajstić information content (AvgIpc) is 2.26. The highest BCUT2D eigenvalue weighted by Crippen LogP contribution is 2.40. The number of benzene rings is 1. The maximum absolute atomic E-state index is 6.10. The van der Waals surface area contributed by atoms with E-state index in [9.17, 15) is 0 Å². The van der Waals surface area contributed by atoms with Crippen LogP contribution in [-0.2, 0) is 0 Å². The lowest BCUT2D eigenvalue weighted by molar-refractivity contribution is 0.165. The van der Waals surface area contributed by atoms with Crippen molar-refractivity contribution in [3.05, 3.63) is 23.8 Å². The molecule has 0 saturated carbocycles. The van der Waals surface area contributed by atoms with Crippen LogP contribution in [0.3, 0.4) is 0 Å². The maximum Gasteiger partial charge on any atom is 0.166 e. The van der Waals surface area contributed by atoms with Gasteiger partial charge in [0, 0.05) is 18.0 Å². The van der Waals surface area contributed by atoms with Crippen LogP contribution in [0.2, 0.25) is 0 Å². The van der Waals surface area contributed by atoms with Gasteiger partial charge in [-0.1, -0.05) is 19.1 Å². The fraction of sp³-hybridized carbons (Fsp3) is 0.538. The topological polar surface area (TPSA) is 44.5 Å². The molecule has 0 aliphatic carbocycles. The molecule has 2 unspecified atom stereocenters. The van der Waals surface area contributed by atoms with E-state index >= 15 is 0 Å². The van der Waals surface area contributed by atoms with Crippen molar-refractivity contribution < 1.29 is 9.47 Å². The summed E-state index contributed by atoms with van der Waals surface area (Å²) in [6.07, 6.45) is 2.02. The molecular weight excluding hydrogens is 202 g/mol. The average molecular weight is 221 g/mol. The minimum absolute atomic E-state index is 0.0592. The van der Waals surface area contributed by atoms with Crippen LogP contribution in [0, 0.1) is 0 Å². The highest BCUT2D eigenvalue weighted by molar-refractivity contribution is 5.49. The summed E-state index contributed by atoms with van der Waals surface area (Å²) in [4.78, 5) is 0. The van der Waals surface area contributed by atoms with Gasteiger partial charge in [-0.25, -0.2) is 0 Å². The van der Waals surface area contributed by atoms with Crippen molar-refractivity contribution in [3.63, 3.8) is 0 Å². The van der Waals surface area contributed by atoms with Crippen molar-refractivity contribution in [2.75, 3.05) is 6.61 Å². The van der Waals surface area contributed by atoms with E-state index in [2.05, 4.69) is 6.92 Å². The summed E-state index contributed by atoms with van der Waals surface area (Å²) in [7, 11) is 0. The molecule has 2 rings (SSSR count). The highest BCUT2D eigenvalue weighted by atomic mass is 16.5. The predicted molar refractivity (Wildman–Crippen MR) is 63.9 cm³/mol. The van der Waals surface area contributed by atoms with Gasteiger partial charge in [0.05, 0.1) is 12.7 Å². The second-order valence-corrected chi connectivity index (χ2v) is 4.29. The van der Waals surface area contributed by atoms with Gasteiger partial charge < -0.3 is 15.2 Å². The third-order valence-electron chi connectivity index (χ3n) is 2.78. The zero-order valence-corrected chi connectivity index (χ0v) is 9.90. The van der Waals surface area contributed by atoms with Crippen molar-refractivity contribution in [3.8, 4) is 11.5 Å². The Morgan fingerprint density at radius 1 is 1.50 bits per heavy atom. The first-order chi connectivity index (χ1) is 7.72. The molecule has 2 atom stereocenters. The van der Waals surface area contributed by atoms with Crippen LogP contribution < -0.4 is 15.2 Å². The predicted octanol–water partition coefficient (Wildman–Crippen LogP) is 2.65. The third-order valence-corrected chi connectivity index (χ3v) is 2.78. The molecule has 0 radical (unpaired) electrons. The first-order valence-corrected chi connectivity index (χ1v) is 5.90. The Morgan fingerprint density at radius 3 is 3.06 bits per heavy atom. The highest BCUT2D eigenvalue weighted by Gasteiger charge is 2.25. The van der Waals surface area contributed by atoms with E-state index < -0.39 is 0 Å². The molecule has 1 aliphatic heterocycles. The molecular formula is C13H19NO2. The Labute approximate surface area is 96.5 Å². The smallest absolute Gasteiger partial charge is 0.166 e.